The average molecular weight is 460 g/mol. The number of rotatable bonds is 7. The smallest absolute Gasteiger partial charge is 0.329 e. The Bertz CT molecular complexity index is 1210. The topological polar surface area (TPSA) is 64.1 Å². The zero-order valence-electron chi connectivity index (χ0n) is 18.7. The summed E-state index contributed by atoms with van der Waals surface area (Å²) in [6, 6.07) is 22.3. The number of benzene rings is 3. The molecule has 1 N–H and O–H groups in total. The number of carboxylic acids is 1. The van der Waals surface area contributed by atoms with Crippen LogP contribution in [0.2, 0.25) is 0 Å². The largest absolute Gasteiger partial charge is 0.481 e. The molecule has 2 aliphatic rings. The molecule has 2 aliphatic heterocycles. The normalized spacial score (nSPS) is 16.7. The minimum atomic E-state index is -0.735. The van der Waals surface area contributed by atoms with Crippen LogP contribution in [0.4, 0.5) is 20.6 Å². The van der Waals surface area contributed by atoms with Gasteiger partial charge in [-0.05, 0) is 47.0 Å². The van der Waals surface area contributed by atoms with Crippen molar-refractivity contribution in [2.24, 2.45) is 5.92 Å². The van der Waals surface area contributed by atoms with Gasteiger partial charge in [-0.1, -0.05) is 42.5 Å². The van der Waals surface area contributed by atoms with Crippen LogP contribution in [0.3, 0.4) is 0 Å². The van der Waals surface area contributed by atoms with E-state index in [-0.39, 0.29) is 17.8 Å². The van der Waals surface area contributed by atoms with E-state index in [9.17, 15) is 14.0 Å². The number of hydrogen-bond donors (Lipinski definition) is 1. The second-order valence-corrected chi connectivity index (χ2v) is 8.92. The maximum atomic E-state index is 14.1. The van der Waals surface area contributed by atoms with Gasteiger partial charge in [-0.15, -0.1) is 0 Å². The van der Waals surface area contributed by atoms with Crippen LogP contribution >= 0.6 is 0 Å². The summed E-state index contributed by atoms with van der Waals surface area (Å²) in [4.78, 5) is 29.8. The van der Waals surface area contributed by atoms with Gasteiger partial charge in [0.25, 0.3) is 0 Å². The van der Waals surface area contributed by atoms with Crippen LogP contribution in [0.5, 0.6) is 0 Å². The van der Waals surface area contributed by atoms with Gasteiger partial charge >= 0.3 is 12.0 Å². The van der Waals surface area contributed by atoms with Crippen molar-refractivity contribution in [1.29, 1.82) is 0 Å². The number of nitrogens with zero attached hydrogens (tertiary/aromatic N) is 3. The van der Waals surface area contributed by atoms with E-state index < -0.39 is 5.97 Å². The fourth-order valence-corrected chi connectivity index (χ4v) is 4.61. The lowest BCUT2D eigenvalue weighted by Gasteiger charge is -2.36. The van der Waals surface area contributed by atoms with Gasteiger partial charge in [-0.25, -0.2) is 9.18 Å². The minimum absolute atomic E-state index is 0.0807. The first-order valence-corrected chi connectivity index (χ1v) is 11.4. The number of carbonyl (C=O) groups excluding carboxylic acids is 1. The molecule has 0 unspecified atom stereocenters. The van der Waals surface area contributed by atoms with Crippen molar-refractivity contribution in [1.82, 2.24) is 4.90 Å². The molecule has 2 amide bonds. The Morgan fingerprint density at radius 1 is 0.882 bits per heavy atom. The van der Waals surface area contributed by atoms with Crippen molar-refractivity contribution in [2.75, 3.05) is 36.0 Å². The van der Waals surface area contributed by atoms with Crippen LogP contribution in [0, 0.1) is 11.7 Å². The Labute approximate surface area is 197 Å². The first-order valence-electron chi connectivity index (χ1n) is 11.4. The molecule has 0 spiro atoms. The fourth-order valence-electron chi connectivity index (χ4n) is 4.61. The maximum absolute atomic E-state index is 14.1. The molecule has 2 heterocycles. The maximum Gasteiger partial charge on any atom is 0.329 e. The summed E-state index contributed by atoms with van der Waals surface area (Å²) >= 11 is 0. The summed E-state index contributed by atoms with van der Waals surface area (Å²) in [7, 11) is 0. The molecule has 0 atom stereocenters. The lowest BCUT2D eigenvalue weighted by atomic mass is 9.99. The zero-order chi connectivity index (χ0) is 23.7. The molecule has 174 valence electrons. The standard InChI is InChI=1S/C27H26FN3O3/c28-25-7-2-1-5-21(25)14-20-4-3-6-24(15-20)31-13-12-30(27(31)34)23-10-8-19(9-11-23)16-29-17-22(18-29)26(32)33/h1-11,15,22H,12-14,16-18H2,(H,32,33). The average Bonchev–Trinajstić information content (AvgIpc) is 3.19. The van der Waals surface area contributed by atoms with Crippen molar-refractivity contribution in [2.45, 2.75) is 13.0 Å². The number of carboxylic acid groups (broad SMARTS) is 1. The summed E-state index contributed by atoms with van der Waals surface area (Å²) in [5.41, 5.74) is 4.33. The summed E-state index contributed by atoms with van der Waals surface area (Å²) in [6.45, 7) is 3.02. The predicted molar refractivity (Wildman–Crippen MR) is 129 cm³/mol. The van der Waals surface area contributed by atoms with E-state index in [4.69, 9.17) is 5.11 Å². The molecule has 0 aliphatic carbocycles. The van der Waals surface area contributed by atoms with Gasteiger partial charge in [0.2, 0.25) is 0 Å². The monoisotopic (exact) mass is 459 g/mol. The molecule has 2 fully saturated rings. The number of hydrogen-bond acceptors (Lipinski definition) is 3. The van der Waals surface area contributed by atoms with Crippen molar-refractivity contribution >= 4 is 23.4 Å². The highest BCUT2D eigenvalue weighted by Crippen LogP contribution is 2.27. The van der Waals surface area contributed by atoms with Crippen molar-refractivity contribution < 1.29 is 19.1 Å². The number of halogens is 1. The zero-order valence-corrected chi connectivity index (χ0v) is 18.7. The molecule has 0 radical (unpaired) electrons. The number of urea groups is 1. The van der Waals surface area contributed by atoms with Gasteiger partial charge < -0.3 is 5.11 Å². The van der Waals surface area contributed by atoms with Crippen molar-refractivity contribution in [3.05, 3.63) is 95.3 Å². The molecule has 5 rings (SSSR count). The summed E-state index contributed by atoms with van der Waals surface area (Å²) in [6.07, 6.45) is 0.470. The molecule has 0 saturated carbocycles. The predicted octanol–water partition coefficient (Wildman–Crippen LogP) is 4.38. The van der Waals surface area contributed by atoms with Gasteiger partial charge in [0.15, 0.2) is 0 Å². The fraction of sp³-hybridized carbons (Fsp3) is 0.259. The molecule has 2 saturated heterocycles. The van der Waals surface area contributed by atoms with E-state index in [1.807, 2.05) is 54.6 Å². The highest BCUT2D eigenvalue weighted by molar-refractivity contribution is 6.06. The van der Waals surface area contributed by atoms with Crippen LogP contribution < -0.4 is 9.80 Å². The lowest BCUT2D eigenvalue weighted by Crippen LogP contribution is -2.49. The Morgan fingerprint density at radius 3 is 2.29 bits per heavy atom. The molecular weight excluding hydrogens is 433 g/mol. The van der Waals surface area contributed by atoms with Crippen LogP contribution in [0.25, 0.3) is 0 Å². The third-order valence-electron chi connectivity index (χ3n) is 6.54. The quantitative estimate of drug-likeness (QED) is 0.570. The Hall–Kier alpha value is -3.71. The highest BCUT2D eigenvalue weighted by Gasteiger charge is 2.33. The molecule has 3 aromatic carbocycles. The SMILES string of the molecule is O=C(O)C1CN(Cc2ccc(N3CCN(c4cccc(Cc5ccccc5F)c4)C3=O)cc2)C1. The van der Waals surface area contributed by atoms with Crippen LogP contribution in [0.1, 0.15) is 16.7 Å². The second-order valence-electron chi connectivity index (χ2n) is 8.92. The number of likely N-dealkylation sites (tertiary alicyclic amines) is 1. The summed E-state index contributed by atoms with van der Waals surface area (Å²) in [5.74, 6) is -1.23. The van der Waals surface area contributed by atoms with E-state index in [0.29, 0.717) is 44.7 Å². The molecule has 34 heavy (non-hydrogen) atoms. The molecular formula is C27H26FN3O3. The van der Waals surface area contributed by atoms with E-state index in [1.165, 1.54) is 6.07 Å². The first-order chi connectivity index (χ1) is 16.5. The van der Waals surface area contributed by atoms with E-state index in [0.717, 1.165) is 22.5 Å². The van der Waals surface area contributed by atoms with Crippen molar-refractivity contribution in [3.63, 3.8) is 0 Å². The van der Waals surface area contributed by atoms with Gasteiger partial charge in [-0.2, -0.15) is 0 Å². The van der Waals surface area contributed by atoms with Crippen molar-refractivity contribution in [3.8, 4) is 0 Å². The lowest BCUT2D eigenvalue weighted by molar-refractivity contribution is -0.147. The molecule has 6 nitrogen and oxygen atoms in total. The highest BCUT2D eigenvalue weighted by atomic mass is 19.1. The Morgan fingerprint density at radius 2 is 1.59 bits per heavy atom. The van der Waals surface area contributed by atoms with E-state index >= 15 is 0 Å². The van der Waals surface area contributed by atoms with Crippen LogP contribution in [0.15, 0.2) is 72.8 Å². The molecule has 7 heteroatoms. The Balaban J connectivity index is 1.23. The van der Waals surface area contributed by atoms with Gasteiger partial charge in [0, 0.05) is 50.5 Å². The minimum Gasteiger partial charge on any atom is -0.481 e. The van der Waals surface area contributed by atoms with E-state index in [1.54, 1.807) is 21.9 Å². The van der Waals surface area contributed by atoms with Crippen LogP contribution in [-0.2, 0) is 17.8 Å². The number of aliphatic carboxylic acids is 1. The third-order valence-corrected chi connectivity index (χ3v) is 6.54. The van der Waals surface area contributed by atoms with Crippen LogP contribution in [-0.4, -0.2) is 48.2 Å². The number of amides is 2. The molecule has 3 aromatic rings. The molecule has 0 bridgehead atoms. The number of carbonyl (C=O) groups is 2. The first kappa shape index (κ1) is 22.1. The molecule has 0 aromatic heterocycles. The van der Waals surface area contributed by atoms with Gasteiger partial charge in [0.1, 0.15) is 5.82 Å². The third kappa shape index (κ3) is 4.52. The van der Waals surface area contributed by atoms with Gasteiger partial charge in [-0.3, -0.25) is 19.5 Å². The number of anilines is 2. The summed E-state index contributed by atoms with van der Waals surface area (Å²) < 4.78 is 14.1. The van der Waals surface area contributed by atoms with E-state index in [2.05, 4.69) is 4.90 Å². The summed E-state index contributed by atoms with van der Waals surface area (Å²) in [5, 5.41) is 9.01. The van der Waals surface area contributed by atoms with Gasteiger partial charge in [0.05, 0.1) is 5.92 Å². The second kappa shape index (κ2) is 9.27. The Kier molecular flexibility index (Phi) is 6.02.